The Kier molecular flexibility index (Phi) is 5.31. The summed E-state index contributed by atoms with van der Waals surface area (Å²) < 4.78 is 32.8. The van der Waals surface area contributed by atoms with E-state index in [1.54, 1.807) is 7.11 Å². The molecule has 4 nitrogen and oxygen atoms in total. The molecule has 1 aliphatic rings. The fourth-order valence-electron chi connectivity index (χ4n) is 2.47. The molecule has 2 atom stereocenters. The largest absolute Gasteiger partial charge is 0.380 e. The fourth-order valence-corrected chi connectivity index (χ4v) is 4.54. The van der Waals surface area contributed by atoms with Crippen molar-refractivity contribution in [3.63, 3.8) is 0 Å². The van der Waals surface area contributed by atoms with Gasteiger partial charge in [-0.1, -0.05) is 36.0 Å². The van der Waals surface area contributed by atoms with Crippen LogP contribution in [0.1, 0.15) is 25.7 Å². The Morgan fingerprint density at radius 2 is 1.95 bits per heavy atom. The van der Waals surface area contributed by atoms with Crippen LogP contribution in [0.2, 0.25) is 10.0 Å². The number of benzene rings is 1. The molecule has 0 spiro atoms. The van der Waals surface area contributed by atoms with Gasteiger partial charge in [-0.15, -0.1) is 0 Å². The summed E-state index contributed by atoms with van der Waals surface area (Å²) in [6.45, 7) is 0. The van der Waals surface area contributed by atoms with E-state index in [-0.39, 0.29) is 22.1 Å². The quantitative estimate of drug-likeness (QED) is 0.917. The number of hydrogen-bond donors (Lipinski definition) is 1. The SMILES string of the molecule is CO[C@@H]1CCCC[C@H]1NS(=O)(=O)c1ccc(Cl)cc1Cl. The second-order valence-corrected chi connectivity index (χ2v) is 7.39. The van der Waals surface area contributed by atoms with E-state index in [1.165, 1.54) is 18.2 Å². The first kappa shape index (κ1) is 16.0. The summed E-state index contributed by atoms with van der Waals surface area (Å²) in [5, 5.41) is 0.524. The average molecular weight is 338 g/mol. The van der Waals surface area contributed by atoms with E-state index in [9.17, 15) is 8.42 Å². The van der Waals surface area contributed by atoms with Crippen molar-refractivity contribution in [3.05, 3.63) is 28.2 Å². The van der Waals surface area contributed by atoms with Crippen molar-refractivity contribution in [2.75, 3.05) is 7.11 Å². The van der Waals surface area contributed by atoms with Crippen molar-refractivity contribution in [1.29, 1.82) is 0 Å². The summed E-state index contributed by atoms with van der Waals surface area (Å²) in [7, 11) is -2.07. The van der Waals surface area contributed by atoms with Gasteiger partial charge >= 0.3 is 0 Å². The number of methoxy groups -OCH3 is 1. The summed E-state index contributed by atoms with van der Waals surface area (Å²) in [4.78, 5) is 0.0454. The molecule has 1 aliphatic carbocycles. The molecule has 1 fully saturated rings. The predicted molar refractivity (Wildman–Crippen MR) is 79.8 cm³/mol. The number of sulfonamides is 1. The zero-order chi connectivity index (χ0) is 14.8. The smallest absolute Gasteiger partial charge is 0.242 e. The van der Waals surface area contributed by atoms with Crippen LogP contribution in [0.25, 0.3) is 0 Å². The van der Waals surface area contributed by atoms with Gasteiger partial charge < -0.3 is 4.74 Å². The van der Waals surface area contributed by atoms with Crippen molar-refractivity contribution >= 4 is 33.2 Å². The van der Waals surface area contributed by atoms with Crippen LogP contribution < -0.4 is 4.72 Å². The first-order valence-corrected chi connectivity index (χ1v) is 8.68. The third-order valence-electron chi connectivity index (χ3n) is 3.50. The molecule has 0 unspecified atom stereocenters. The second kappa shape index (κ2) is 6.62. The molecule has 7 heteroatoms. The van der Waals surface area contributed by atoms with E-state index >= 15 is 0 Å². The molecule has 0 aliphatic heterocycles. The van der Waals surface area contributed by atoms with Crippen LogP contribution in [-0.2, 0) is 14.8 Å². The maximum Gasteiger partial charge on any atom is 0.242 e. The third kappa shape index (κ3) is 3.65. The lowest BCUT2D eigenvalue weighted by atomic mass is 9.93. The maximum atomic E-state index is 12.4. The highest BCUT2D eigenvalue weighted by atomic mass is 35.5. The monoisotopic (exact) mass is 337 g/mol. The van der Waals surface area contributed by atoms with Gasteiger partial charge in [0.15, 0.2) is 0 Å². The van der Waals surface area contributed by atoms with Crippen molar-refractivity contribution in [2.45, 2.75) is 42.7 Å². The van der Waals surface area contributed by atoms with Crippen LogP contribution in [-0.4, -0.2) is 27.7 Å². The Hall–Kier alpha value is -0.330. The van der Waals surface area contributed by atoms with Crippen LogP contribution >= 0.6 is 23.2 Å². The summed E-state index contributed by atoms with van der Waals surface area (Å²) >= 11 is 11.8. The van der Waals surface area contributed by atoms with E-state index in [4.69, 9.17) is 27.9 Å². The van der Waals surface area contributed by atoms with Crippen molar-refractivity contribution in [3.8, 4) is 0 Å². The number of hydrogen-bond acceptors (Lipinski definition) is 3. The molecule has 112 valence electrons. The summed E-state index contributed by atoms with van der Waals surface area (Å²) in [6.07, 6.45) is 3.57. The molecule has 20 heavy (non-hydrogen) atoms. The zero-order valence-electron chi connectivity index (χ0n) is 11.1. The van der Waals surface area contributed by atoms with Crippen LogP contribution in [0, 0.1) is 0 Å². The first-order valence-electron chi connectivity index (χ1n) is 6.44. The number of ether oxygens (including phenoxy) is 1. The minimum absolute atomic E-state index is 0.0454. The highest BCUT2D eigenvalue weighted by Crippen LogP contribution is 2.27. The summed E-state index contributed by atoms with van der Waals surface area (Å²) in [5.41, 5.74) is 0. The van der Waals surface area contributed by atoms with Gasteiger partial charge in [0.05, 0.1) is 11.1 Å². The lowest BCUT2D eigenvalue weighted by Gasteiger charge is -2.30. The minimum Gasteiger partial charge on any atom is -0.380 e. The summed E-state index contributed by atoms with van der Waals surface area (Å²) in [5.74, 6) is 0. The molecule has 0 radical (unpaired) electrons. The first-order chi connectivity index (χ1) is 9.44. The average Bonchev–Trinajstić information content (AvgIpc) is 2.38. The highest BCUT2D eigenvalue weighted by molar-refractivity contribution is 7.89. The lowest BCUT2D eigenvalue weighted by molar-refractivity contribution is 0.0493. The maximum absolute atomic E-state index is 12.4. The highest BCUT2D eigenvalue weighted by Gasteiger charge is 2.30. The van der Waals surface area contributed by atoms with Gasteiger partial charge in [0.25, 0.3) is 0 Å². The molecular formula is C13H17Cl2NO3S. The Balaban J connectivity index is 2.22. The molecule has 0 aromatic heterocycles. The van der Waals surface area contributed by atoms with Gasteiger partial charge in [-0.3, -0.25) is 0 Å². The van der Waals surface area contributed by atoms with E-state index in [0.717, 1.165) is 25.7 Å². The van der Waals surface area contributed by atoms with Gasteiger partial charge in [0.1, 0.15) is 4.90 Å². The van der Waals surface area contributed by atoms with Crippen LogP contribution in [0.15, 0.2) is 23.1 Å². The van der Waals surface area contributed by atoms with E-state index in [2.05, 4.69) is 4.72 Å². The van der Waals surface area contributed by atoms with E-state index < -0.39 is 10.0 Å². The van der Waals surface area contributed by atoms with Crippen molar-refractivity contribution in [1.82, 2.24) is 4.72 Å². The Morgan fingerprint density at radius 3 is 2.60 bits per heavy atom. The summed E-state index contributed by atoms with van der Waals surface area (Å²) in [6, 6.07) is 4.13. The molecule has 0 bridgehead atoms. The van der Waals surface area contributed by atoms with Gasteiger partial charge in [0, 0.05) is 18.2 Å². The van der Waals surface area contributed by atoms with E-state index in [1.807, 2.05) is 0 Å². The second-order valence-electron chi connectivity index (χ2n) is 4.86. The molecule has 2 rings (SSSR count). The number of nitrogens with one attached hydrogen (secondary N) is 1. The molecule has 1 saturated carbocycles. The van der Waals surface area contributed by atoms with Crippen LogP contribution in [0.5, 0.6) is 0 Å². The minimum atomic E-state index is -3.67. The molecular weight excluding hydrogens is 321 g/mol. The molecule has 0 amide bonds. The van der Waals surface area contributed by atoms with Gasteiger partial charge in [-0.05, 0) is 31.0 Å². The molecule has 1 N–H and O–H groups in total. The Bertz CT molecular complexity index is 577. The molecule has 1 aromatic rings. The lowest BCUT2D eigenvalue weighted by Crippen LogP contribution is -2.45. The topological polar surface area (TPSA) is 55.4 Å². The zero-order valence-corrected chi connectivity index (χ0v) is 13.4. The Labute approximate surface area is 129 Å². The van der Waals surface area contributed by atoms with Gasteiger partial charge in [0.2, 0.25) is 10.0 Å². The molecule has 0 saturated heterocycles. The van der Waals surface area contributed by atoms with Crippen molar-refractivity contribution in [2.24, 2.45) is 0 Å². The molecule has 1 aromatic carbocycles. The van der Waals surface area contributed by atoms with E-state index in [0.29, 0.717) is 5.02 Å². The predicted octanol–water partition coefficient (Wildman–Crippen LogP) is 3.23. The van der Waals surface area contributed by atoms with Crippen LogP contribution in [0.3, 0.4) is 0 Å². The van der Waals surface area contributed by atoms with Gasteiger partial charge in [-0.2, -0.15) is 0 Å². The normalized spacial score (nSPS) is 23.8. The molecule has 0 heterocycles. The standard InChI is InChI=1S/C13H17Cl2NO3S/c1-19-12-5-3-2-4-11(12)16-20(17,18)13-7-6-9(14)8-10(13)15/h6-8,11-12,16H,2-5H2,1H3/t11-,12-/m1/s1. The van der Waals surface area contributed by atoms with Crippen LogP contribution in [0.4, 0.5) is 0 Å². The van der Waals surface area contributed by atoms with Gasteiger partial charge in [-0.25, -0.2) is 13.1 Å². The number of rotatable bonds is 4. The van der Waals surface area contributed by atoms with Crippen molar-refractivity contribution < 1.29 is 13.2 Å². The fraction of sp³-hybridized carbons (Fsp3) is 0.538. The third-order valence-corrected chi connectivity index (χ3v) is 5.70. The number of halogens is 2. The Morgan fingerprint density at radius 1 is 1.25 bits per heavy atom.